The number of thioether (sulfide) groups is 1. The van der Waals surface area contributed by atoms with E-state index in [1.165, 1.54) is 0 Å². The van der Waals surface area contributed by atoms with Gasteiger partial charge in [-0.25, -0.2) is 4.68 Å². The summed E-state index contributed by atoms with van der Waals surface area (Å²) in [6, 6.07) is 5.74. The molecule has 0 aliphatic carbocycles. The van der Waals surface area contributed by atoms with Crippen LogP contribution < -0.4 is 5.73 Å². The van der Waals surface area contributed by atoms with E-state index in [0.29, 0.717) is 0 Å². The maximum Gasteiger partial charge on any atom is 0.209 e. The Balaban J connectivity index is 1.81. The Hall–Kier alpha value is -1.47. The molecule has 2 rings (SSSR count). The highest BCUT2D eigenvalue weighted by Crippen LogP contribution is 2.18. The summed E-state index contributed by atoms with van der Waals surface area (Å²) in [5, 5.41) is 12.0. The Morgan fingerprint density at radius 3 is 3.00 bits per heavy atom. The highest BCUT2D eigenvalue weighted by Gasteiger charge is 2.08. The van der Waals surface area contributed by atoms with Crippen LogP contribution in [0.2, 0.25) is 0 Å². The van der Waals surface area contributed by atoms with Crippen LogP contribution in [0.25, 0.3) is 0 Å². The molecular formula is C10H14N6S. The summed E-state index contributed by atoms with van der Waals surface area (Å²) in [5.74, 6) is 0.867. The van der Waals surface area contributed by atoms with Crippen LogP contribution in [-0.4, -0.2) is 30.9 Å². The van der Waals surface area contributed by atoms with Crippen LogP contribution in [0.1, 0.15) is 18.2 Å². The summed E-state index contributed by atoms with van der Waals surface area (Å²) in [5.41, 5.74) is 6.96. The summed E-state index contributed by atoms with van der Waals surface area (Å²) in [6.45, 7) is 0. The van der Waals surface area contributed by atoms with Crippen molar-refractivity contribution in [2.45, 2.75) is 17.6 Å². The van der Waals surface area contributed by atoms with Gasteiger partial charge in [0.25, 0.3) is 0 Å². The average Bonchev–Trinajstić information content (AvgIpc) is 2.76. The van der Waals surface area contributed by atoms with Crippen molar-refractivity contribution < 1.29 is 0 Å². The molecule has 0 bridgehead atoms. The van der Waals surface area contributed by atoms with Crippen LogP contribution >= 0.6 is 11.8 Å². The van der Waals surface area contributed by atoms with Crippen LogP contribution in [0.3, 0.4) is 0 Å². The van der Waals surface area contributed by atoms with Crippen molar-refractivity contribution in [1.82, 2.24) is 25.2 Å². The van der Waals surface area contributed by atoms with Crippen LogP contribution in [0.4, 0.5) is 0 Å². The van der Waals surface area contributed by atoms with Gasteiger partial charge in [0.2, 0.25) is 5.16 Å². The lowest BCUT2D eigenvalue weighted by atomic mass is 10.1. The van der Waals surface area contributed by atoms with Gasteiger partial charge in [0.1, 0.15) is 0 Å². The number of nitrogens with zero attached hydrogens (tertiary/aromatic N) is 5. The molecule has 7 heteroatoms. The summed E-state index contributed by atoms with van der Waals surface area (Å²) in [6.07, 6.45) is 2.60. The van der Waals surface area contributed by atoms with Gasteiger partial charge >= 0.3 is 0 Å². The van der Waals surface area contributed by atoms with E-state index in [1.807, 2.05) is 25.2 Å². The zero-order valence-electron chi connectivity index (χ0n) is 9.52. The molecule has 2 N–H and O–H groups in total. The number of rotatable bonds is 5. The third-order valence-corrected chi connectivity index (χ3v) is 3.35. The zero-order valence-corrected chi connectivity index (χ0v) is 10.3. The SMILES string of the molecule is Cn1nnnc1SCCC(N)c1ccccn1. The largest absolute Gasteiger partial charge is 0.323 e. The molecule has 2 heterocycles. The molecule has 0 aliphatic heterocycles. The lowest BCUT2D eigenvalue weighted by Gasteiger charge is -2.09. The first-order valence-electron chi connectivity index (χ1n) is 5.29. The lowest BCUT2D eigenvalue weighted by molar-refractivity contribution is 0.659. The molecule has 0 aliphatic rings. The molecule has 0 aromatic carbocycles. The predicted molar refractivity (Wildman–Crippen MR) is 65.3 cm³/mol. The minimum atomic E-state index is -0.0371. The molecule has 0 amide bonds. The van der Waals surface area contributed by atoms with E-state index < -0.39 is 0 Å². The standard InChI is InChI=1S/C10H14N6S/c1-16-10(13-14-15-16)17-7-5-8(11)9-4-2-3-6-12-9/h2-4,6,8H,5,7,11H2,1H3. The Labute approximate surface area is 104 Å². The molecule has 0 spiro atoms. The quantitative estimate of drug-likeness (QED) is 0.790. The van der Waals surface area contributed by atoms with Crippen LogP contribution in [0, 0.1) is 0 Å². The fourth-order valence-corrected chi connectivity index (χ4v) is 2.24. The highest BCUT2D eigenvalue weighted by molar-refractivity contribution is 7.99. The van der Waals surface area contributed by atoms with E-state index in [2.05, 4.69) is 20.5 Å². The average molecular weight is 250 g/mol. The highest BCUT2D eigenvalue weighted by atomic mass is 32.2. The fourth-order valence-electron chi connectivity index (χ4n) is 1.36. The second kappa shape index (κ2) is 5.74. The van der Waals surface area contributed by atoms with Gasteiger partial charge in [0.05, 0.1) is 5.69 Å². The van der Waals surface area contributed by atoms with E-state index >= 15 is 0 Å². The number of nitrogens with two attached hydrogens (primary N) is 1. The van der Waals surface area contributed by atoms with Crippen molar-refractivity contribution in [3.8, 4) is 0 Å². The maximum atomic E-state index is 6.04. The molecule has 1 unspecified atom stereocenters. The van der Waals surface area contributed by atoms with Crippen molar-refractivity contribution in [3.05, 3.63) is 30.1 Å². The normalized spacial score (nSPS) is 12.6. The minimum absolute atomic E-state index is 0.0371. The molecule has 17 heavy (non-hydrogen) atoms. The maximum absolute atomic E-state index is 6.04. The van der Waals surface area contributed by atoms with E-state index in [4.69, 9.17) is 5.73 Å². The topological polar surface area (TPSA) is 82.5 Å². The van der Waals surface area contributed by atoms with Crippen molar-refractivity contribution in [3.63, 3.8) is 0 Å². The van der Waals surface area contributed by atoms with E-state index in [9.17, 15) is 0 Å². The van der Waals surface area contributed by atoms with E-state index in [-0.39, 0.29) is 6.04 Å². The number of hydrogen-bond donors (Lipinski definition) is 1. The number of aromatic nitrogens is 5. The van der Waals surface area contributed by atoms with Gasteiger partial charge in [-0.15, -0.1) is 5.10 Å². The van der Waals surface area contributed by atoms with Crippen LogP contribution in [-0.2, 0) is 7.05 Å². The van der Waals surface area contributed by atoms with Gasteiger partial charge in [-0.2, -0.15) is 0 Å². The molecule has 0 saturated carbocycles. The number of hydrogen-bond acceptors (Lipinski definition) is 6. The Morgan fingerprint density at radius 2 is 2.35 bits per heavy atom. The van der Waals surface area contributed by atoms with Crippen molar-refractivity contribution in [2.75, 3.05) is 5.75 Å². The van der Waals surface area contributed by atoms with Gasteiger partial charge in [0, 0.05) is 25.0 Å². The van der Waals surface area contributed by atoms with Gasteiger partial charge in [0.15, 0.2) is 0 Å². The minimum Gasteiger partial charge on any atom is -0.323 e. The molecule has 1 atom stereocenters. The number of pyridine rings is 1. The lowest BCUT2D eigenvalue weighted by Crippen LogP contribution is -2.12. The summed E-state index contributed by atoms with van der Waals surface area (Å²) in [7, 11) is 1.82. The Morgan fingerprint density at radius 1 is 1.47 bits per heavy atom. The second-order valence-corrected chi connectivity index (χ2v) is 4.65. The van der Waals surface area contributed by atoms with Gasteiger partial charge < -0.3 is 5.73 Å². The van der Waals surface area contributed by atoms with Crippen LogP contribution in [0.15, 0.2) is 29.6 Å². The molecule has 0 fully saturated rings. The summed E-state index contributed by atoms with van der Waals surface area (Å²) >= 11 is 1.60. The molecule has 90 valence electrons. The van der Waals surface area contributed by atoms with Crippen molar-refractivity contribution in [2.24, 2.45) is 12.8 Å². The van der Waals surface area contributed by atoms with E-state index in [0.717, 1.165) is 23.0 Å². The first kappa shape index (κ1) is 12.0. The third kappa shape index (κ3) is 3.24. The molecule has 6 nitrogen and oxygen atoms in total. The van der Waals surface area contributed by atoms with Crippen molar-refractivity contribution >= 4 is 11.8 Å². The smallest absolute Gasteiger partial charge is 0.209 e. The van der Waals surface area contributed by atoms with Gasteiger partial charge in [-0.05, 0) is 29.0 Å². The first-order chi connectivity index (χ1) is 8.27. The first-order valence-corrected chi connectivity index (χ1v) is 6.27. The molecule has 2 aromatic rings. The fraction of sp³-hybridized carbons (Fsp3) is 0.400. The number of aryl methyl sites for hydroxylation is 1. The Kier molecular flexibility index (Phi) is 4.05. The van der Waals surface area contributed by atoms with E-state index in [1.54, 1.807) is 22.6 Å². The predicted octanol–water partition coefficient (Wildman–Crippen LogP) is 0.787. The summed E-state index contributed by atoms with van der Waals surface area (Å²) in [4.78, 5) is 4.23. The summed E-state index contributed by atoms with van der Waals surface area (Å²) < 4.78 is 1.65. The molecular weight excluding hydrogens is 236 g/mol. The Bertz CT molecular complexity index is 457. The molecule has 2 aromatic heterocycles. The van der Waals surface area contributed by atoms with Crippen molar-refractivity contribution in [1.29, 1.82) is 0 Å². The molecule has 0 radical (unpaired) electrons. The third-order valence-electron chi connectivity index (χ3n) is 2.31. The van der Waals surface area contributed by atoms with Gasteiger partial charge in [-0.1, -0.05) is 17.8 Å². The monoisotopic (exact) mass is 250 g/mol. The van der Waals surface area contributed by atoms with Gasteiger partial charge in [-0.3, -0.25) is 4.98 Å². The zero-order chi connectivity index (χ0) is 12.1. The van der Waals surface area contributed by atoms with Crippen LogP contribution in [0.5, 0.6) is 0 Å². The number of tetrazole rings is 1. The second-order valence-electron chi connectivity index (χ2n) is 3.58. The molecule has 0 saturated heterocycles.